The molecule has 1 aromatic heterocycles. The Balaban J connectivity index is 1.97. The third kappa shape index (κ3) is 1.55. The molecular formula is C12H16N4. The molecule has 2 aromatic rings. The number of piperazine rings is 1. The molecule has 4 nitrogen and oxygen atoms in total. The maximum atomic E-state index is 4.24. The van der Waals surface area contributed by atoms with E-state index in [1.54, 1.807) is 6.33 Å². The minimum absolute atomic E-state index is 0.550. The van der Waals surface area contributed by atoms with Gasteiger partial charge in [-0.3, -0.25) is 0 Å². The quantitative estimate of drug-likeness (QED) is 0.756. The second kappa shape index (κ2) is 3.79. The number of nitrogens with zero attached hydrogens (tertiary/aromatic N) is 2. The summed E-state index contributed by atoms with van der Waals surface area (Å²) in [6, 6.07) is 6.97. The SMILES string of the molecule is C[C@@H]1CNCCN1c1ccc2nc[nH]c2c1. The van der Waals surface area contributed by atoms with E-state index >= 15 is 0 Å². The van der Waals surface area contributed by atoms with Crippen molar-refractivity contribution >= 4 is 16.7 Å². The van der Waals surface area contributed by atoms with Crippen LogP contribution in [0.4, 0.5) is 5.69 Å². The first kappa shape index (κ1) is 9.66. The van der Waals surface area contributed by atoms with Crippen LogP contribution in [0.2, 0.25) is 0 Å². The van der Waals surface area contributed by atoms with E-state index in [1.807, 2.05) is 0 Å². The Morgan fingerprint density at radius 3 is 3.25 bits per heavy atom. The Bertz CT molecular complexity index is 490. The van der Waals surface area contributed by atoms with Crippen LogP contribution in [0, 0.1) is 0 Å². The molecule has 0 aliphatic carbocycles. The van der Waals surface area contributed by atoms with E-state index in [0.29, 0.717) is 6.04 Å². The molecule has 0 radical (unpaired) electrons. The zero-order chi connectivity index (χ0) is 11.0. The minimum atomic E-state index is 0.550. The lowest BCUT2D eigenvalue weighted by molar-refractivity contribution is 0.501. The molecule has 3 rings (SSSR count). The summed E-state index contributed by atoms with van der Waals surface area (Å²) in [4.78, 5) is 9.84. The summed E-state index contributed by atoms with van der Waals surface area (Å²) in [5.74, 6) is 0. The van der Waals surface area contributed by atoms with Gasteiger partial charge in [0.2, 0.25) is 0 Å². The molecule has 1 saturated heterocycles. The van der Waals surface area contributed by atoms with Gasteiger partial charge >= 0.3 is 0 Å². The van der Waals surface area contributed by atoms with Gasteiger partial charge in [0, 0.05) is 31.4 Å². The maximum Gasteiger partial charge on any atom is 0.0931 e. The van der Waals surface area contributed by atoms with Crippen molar-refractivity contribution < 1.29 is 0 Å². The van der Waals surface area contributed by atoms with Gasteiger partial charge in [0.1, 0.15) is 0 Å². The molecule has 0 unspecified atom stereocenters. The van der Waals surface area contributed by atoms with Gasteiger partial charge in [-0.15, -0.1) is 0 Å². The first-order valence-corrected chi connectivity index (χ1v) is 5.75. The summed E-state index contributed by atoms with van der Waals surface area (Å²) in [5, 5.41) is 3.40. The number of anilines is 1. The summed E-state index contributed by atoms with van der Waals surface area (Å²) >= 11 is 0. The number of aromatic nitrogens is 2. The van der Waals surface area contributed by atoms with Gasteiger partial charge in [-0.25, -0.2) is 4.98 Å². The largest absolute Gasteiger partial charge is 0.366 e. The summed E-state index contributed by atoms with van der Waals surface area (Å²) in [7, 11) is 0. The average molecular weight is 216 g/mol. The summed E-state index contributed by atoms with van der Waals surface area (Å²) in [6.07, 6.45) is 1.75. The van der Waals surface area contributed by atoms with Crippen LogP contribution in [0.25, 0.3) is 11.0 Å². The molecule has 2 N–H and O–H groups in total. The smallest absolute Gasteiger partial charge is 0.0931 e. The topological polar surface area (TPSA) is 44.0 Å². The fourth-order valence-electron chi connectivity index (χ4n) is 2.33. The lowest BCUT2D eigenvalue weighted by atomic mass is 10.1. The zero-order valence-electron chi connectivity index (χ0n) is 9.40. The Morgan fingerprint density at radius 1 is 1.44 bits per heavy atom. The van der Waals surface area contributed by atoms with Crippen LogP contribution in [0.3, 0.4) is 0 Å². The molecule has 1 aliphatic heterocycles. The monoisotopic (exact) mass is 216 g/mol. The number of imidazole rings is 1. The molecule has 0 spiro atoms. The Hall–Kier alpha value is -1.55. The fourth-order valence-corrected chi connectivity index (χ4v) is 2.33. The summed E-state index contributed by atoms with van der Waals surface area (Å²) in [5.41, 5.74) is 3.43. The van der Waals surface area contributed by atoms with Gasteiger partial charge < -0.3 is 15.2 Å². The molecule has 0 saturated carbocycles. The minimum Gasteiger partial charge on any atom is -0.366 e. The second-order valence-corrected chi connectivity index (χ2v) is 4.35. The molecule has 0 bridgehead atoms. The van der Waals surface area contributed by atoms with Crippen molar-refractivity contribution in [2.75, 3.05) is 24.5 Å². The van der Waals surface area contributed by atoms with Crippen LogP contribution in [0.15, 0.2) is 24.5 Å². The number of hydrogen-bond donors (Lipinski definition) is 2. The number of hydrogen-bond acceptors (Lipinski definition) is 3. The van der Waals surface area contributed by atoms with Crippen molar-refractivity contribution in [1.82, 2.24) is 15.3 Å². The van der Waals surface area contributed by atoms with Crippen LogP contribution in [0.1, 0.15) is 6.92 Å². The number of rotatable bonds is 1. The summed E-state index contributed by atoms with van der Waals surface area (Å²) in [6.45, 7) is 5.44. The Labute approximate surface area is 94.7 Å². The van der Waals surface area contributed by atoms with Crippen LogP contribution in [-0.2, 0) is 0 Å². The van der Waals surface area contributed by atoms with E-state index in [2.05, 4.69) is 45.3 Å². The Kier molecular flexibility index (Phi) is 2.29. The molecule has 1 aliphatic rings. The number of aromatic amines is 1. The molecule has 0 amide bonds. The molecule has 1 atom stereocenters. The van der Waals surface area contributed by atoms with Gasteiger partial charge in [-0.2, -0.15) is 0 Å². The van der Waals surface area contributed by atoms with Crippen LogP contribution >= 0.6 is 0 Å². The van der Waals surface area contributed by atoms with Crippen molar-refractivity contribution in [2.45, 2.75) is 13.0 Å². The zero-order valence-corrected chi connectivity index (χ0v) is 9.40. The van der Waals surface area contributed by atoms with Crippen LogP contribution < -0.4 is 10.2 Å². The Morgan fingerprint density at radius 2 is 2.38 bits per heavy atom. The van der Waals surface area contributed by atoms with E-state index in [0.717, 1.165) is 30.7 Å². The van der Waals surface area contributed by atoms with E-state index in [9.17, 15) is 0 Å². The normalized spacial score (nSPS) is 21.6. The molecule has 16 heavy (non-hydrogen) atoms. The molecule has 4 heteroatoms. The van der Waals surface area contributed by atoms with Crippen LogP contribution in [-0.4, -0.2) is 35.6 Å². The lowest BCUT2D eigenvalue weighted by Gasteiger charge is -2.35. The molecule has 2 heterocycles. The number of fused-ring (bicyclic) bond motifs is 1. The van der Waals surface area contributed by atoms with Gasteiger partial charge in [0.25, 0.3) is 0 Å². The molecule has 1 aromatic carbocycles. The van der Waals surface area contributed by atoms with E-state index < -0.39 is 0 Å². The number of benzene rings is 1. The molecule has 84 valence electrons. The highest BCUT2D eigenvalue weighted by Gasteiger charge is 2.18. The fraction of sp³-hybridized carbons (Fsp3) is 0.417. The van der Waals surface area contributed by atoms with Gasteiger partial charge in [-0.1, -0.05) is 0 Å². The van der Waals surface area contributed by atoms with E-state index in [1.165, 1.54) is 5.69 Å². The van der Waals surface area contributed by atoms with Gasteiger partial charge in [-0.05, 0) is 25.1 Å². The van der Waals surface area contributed by atoms with Crippen molar-refractivity contribution in [3.8, 4) is 0 Å². The van der Waals surface area contributed by atoms with Crippen molar-refractivity contribution in [2.24, 2.45) is 0 Å². The highest BCUT2D eigenvalue weighted by molar-refractivity contribution is 5.79. The van der Waals surface area contributed by atoms with Gasteiger partial charge in [0.05, 0.1) is 17.4 Å². The molecular weight excluding hydrogens is 200 g/mol. The summed E-state index contributed by atoms with van der Waals surface area (Å²) < 4.78 is 0. The predicted molar refractivity (Wildman–Crippen MR) is 65.8 cm³/mol. The standard InChI is InChI=1S/C12H16N4/c1-9-7-13-4-5-16(9)10-2-3-11-12(6-10)15-8-14-11/h2-3,6,8-9,13H,4-5,7H2,1H3,(H,14,15)/t9-/m1/s1. The first-order chi connectivity index (χ1) is 7.84. The van der Waals surface area contributed by atoms with Crippen LogP contribution in [0.5, 0.6) is 0 Å². The molecule has 1 fully saturated rings. The van der Waals surface area contributed by atoms with E-state index in [-0.39, 0.29) is 0 Å². The van der Waals surface area contributed by atoms with Crippen molar-refractivity contribution in [3.05, 3.63) is 24.5 Å². The number of nitrogens with one attached hydrogen (secondary N) is 2. The third-order valence-corrected chi connectivity index (χ3v) is 3.24. The third-order valence-electron chi connectivity index (χ3n) is 3.24. The highest BCUT2D eigenvalue weighted by Crippen LogP contribution is 2.22. The highest BCUT2D eigenvalue weighted by atomic mass is 15.2. The predicted octanol–water partition coefficient (Wildman–Crippen LogP) is 1.36. The van der Waals surface area contributed by atoms with Crippen molar-refractivity contribution in [1.29, 1.82) is 0 Å². The van der Waals surface area contributed by atoms with Gasteiger partial charge in [0.15, 0.2) is 0 Å². The second-order valence-electron chi connectivity index (χ2n) is 4.35. The van der Waals surface area contributed by atoms with Crippen molar-refractivity contribution in [3.63, 3.8) is 0 Å². The average Bonchev–Trinajstić information content (AvgIpc) is 2.76. The first-order valence-electron chi connectivity index (χ1n) is 5.75. The lowest BCUT2D eigenvalue weighted by Crippen LogP contribution is -2.49. The number of H-pyrrole nitrogens is 1. The maximum absolute atomic E-state index is 4.24. The van der Waals surface area contributed by atoms with E-state index in [4.69, 9.17) is 0 Å².